The lowest BCUT2D eigenvalue weighted by atomic mass is 10.3. The highest BCUT2D eigenvalue weighted by Crippen LogP contribution is 2.23. The molecule has 1 saturated heterocycles. The summed E-state index contributed by atoms with van der Waals surface area (Å²) >= 11 is 0. The Morgan fingerprint density at radius 3 is 2.38 bits per heavy atom. The predicted octanol–water partition coefficient (Wildman–Crippen LogP) is 1.58. The Bertz CT molecular complexity index is 1170. The maximum Gasteiger partial charge on any atom is 0.182 e. The number of anilines is 2. The molecule has 0 spiro atoms. The van der Waals surface area contributed by atoms with E-state index in [9.17, 15) is 0 Å². The lowest BCUT2D eigenvalue weighted by molar-refractivity contribution is 0.639. The summed E-state index contributed by atoms with van der Waals surface area (Å²) < 4.78 is 1.87. The van der Waals surface area contributed by atoms with Crippen molar-refractivity contribution in [2.24, 2.45) is 0 Å². The molecule has 10 heteroatoms. The van der Waals surface area contributed by atoms with E-state index in [-0.39, 0.29) is 0 Å². The topological polar surface area (TPSA) is 105 Å². The largest absolute Gasteiger partial charge is 0.353 e. The van der Waals surface area contributed by atoms with Crippen molar-refractivity contribution >= 4 is 22.8 Å². The number of fused-ring (bicyclic) bond motifs is 1. The van der Waals surface area contributed by atoms with E-state index in [0.717, 1.165) is 66.4 Å². The fraction of sp³-hybridized carbons (Fsp3) is 0.368. The first-order chi connectivity index (χ1) is 14.1. The maximum atomic E-state index is 4.67. The highest BCUT2D eigenvalue weighted by atomic mass is 15.3. The molecule has 10 nitrogen and oxygen atoms in total. The summed E-state index contributed by atoms with van der Waals surface area (Å²) in [5.74, 6) is 3.36. The molecule has 0 bridgehead atoms. The molecule has 29 heavy (non-hydrogen) atoms. The second-order valence-electron chi connectivity index (χ2n) is 7.24. The Morgan fingerprint density at radius 2 is 1.62 bits per heavy atom. The summed E-state index contributed by atoms with van der Waals surface area (Å²) in [5.41, 5.74) is 3.61. The van der Waals surface area contributed by atoms with Crippen LogP contribution in [-0.4, -0.2) is 65.9 Å². The first-order valence-corrected chi connectivity index (χ1v) is 9.62. The van der Waals surface area contributed by atoms with Crippen LogP contribution in [0.2, 0.25) is 0 Å². The van der Waals surface area contributed by atoms with Crippen LogP contribution in [-0.2, 0) is 0 Å². The fourth-order valence-electron chi connectivity index (χ4n) is 3.81. The SMILES string of the molecule is Cc1cc(C)n(-c2cc(N3CCN(c4ncnc5nc[nH]c45)CC3)nc(C)n2)n1. The first kappa shape index (κ1) is 17.5. The highest BCUT2D eigenvalue weighted by Gasteiger charge is 2.22. The molecule has 0 atom stereocenters. The number of nitrogens with one attached hydrogen (secondary N) is 1. The molecule has 0 aliphatic carbocycles. The normalized spacial score (nSPS) is 14.7. The van der Waals surface area contributed by atoms with Gasteiger partial charge in [0.25, 0.3) is 0 Å². The zero-order valence-electron chi connectivity index (χ0n) is 16.7. The molecule has 5 heterocycles. The van der Waals surface area contributed by atoms with Gasteiger partial charge in [-0.05, 0) is 26.8 Å². The van der Waals surface area contributed by atoms with E-state index in [1.165, 1.54) is 0 Å². The van der Waals surface area contributed by atoms with Crippen molar-refractivity contribution in [2.45, 2.75) is 20.8 Å². The third-order valence-electron chi connectivity index (χ3n) is 5.14. The number of aryl methyl sites for hydroxylation is 3. The van der Waals surface area contributed by atoms with Crippen LogP contribution in [0.4, 0.5) is 11.6 Å². The molecule has 4 aromatic rings. The molecule has 148 valence electrons. The second-order valence-corrected chi connectivity index (χ2v) is 7.24. The van der Waals surface area contributed by atoms with Gasteiger partial charge in [0, 0.05) is 37.9 Å². The Hall–Kier alpha value is -3.56. The fourth-order valence-corrected chi connectivity index (χ4v) is 3.81. The average Bonchev–Trinajstić information content (AvgIpc) is 3.33. The van der Waals surface area contributed by atoms with Crippen LogP contribution in [0.25, 0.3) is 17.0 Å². The van der Waals surface area contributed by atoms with Crippen molar-refractivity contribution in [3.63, 3.8) is 0 Å². The number of piperazine rings is 1. The molecular weight excluding hydrogens is 368 g/mol. The van der Waals surface area contributed by atoms with Crippen LogP contribution < -0.4 is 9.80 Å². The lowest BCUT2D eigenvalue weighted by Crippen LogP contribution is -2.47. The Kier molecular flexibility index (Phi) is 4.11. The number of nitrogens with zero attached hydrogens (tertiary/aromatic N) is 9. The zero-order chi connectivity index (χ0) is 20.0. The van der Waals surface area contributed by atoms with Crippen LogP contribution in [0.1, 0.15) is 17.2 Å². The van der Waals surface area contributed by atoms with Gasteiger partial charge in [0.05, 0.1) is 12.0 Å². The van der Waals surface area contributed by atoms with Gasteiger partial charge in [-0.2, -0.15) is 5.10 Å². The monoisotopic (exact) mass is 390 g/mol. The minimum Gasteiger partial charge on any atom is -0.353 e. The van der Waals surface area contributed by atoms with Gasteiger partial charge < -0.3 is 14.8 Å². The Labute approximate surface area is 167 Å². The molecule has 1 aliphatic rings. The van der Waals surface area contributed by atoms with Crippen molar-refractivity contribution in [1.29, 1.82) is 0 Å². The molecule has 0 aromatic carbocycles. The van der Waals surface area contributed by atoms with Gasteiger partial charge in [-0.3, -0.25) is 0 Å². The summed E-state index contributed by atoms with van der Waals surface area (Å²) in [6.07, 6.45) is 3.22. The number of H-pyrrole nitrogens is 1. The maximum absolute atomic E-state index is 4.67. The number of aromatic nitrogens is 8. The molecule has 0 amide bonds. The number of hydrogen-bond acceptors (Lipinski definition) is 8. The minimum absolute atomic E-state index is 0.693. The summed E-state index contributed by atoms with van der Waals surface area (Å²) in [5, 5.41) is 4.56. The molecular formula is C19H22N10. The third kappa shape index (κ3) is 3.16. The average molecular weight is 390 g/mol. The quantitative estimate of drug-likeness (QED) is 0.562. The van der Waals surface area contributed by atoms with E-state index in [0.29, 0.717) is 5.65 Å². The van der Waals surface area contributed by atoms with Crippen LogP contribution in [0.3, 0.4) is 0 Å². The van der Waals surface area contributed by atoms with E-state index < -0.39 is 0 Å². The number of rotatable bonds is 3. The second kappa shape index (κ2) is 6.80. The van der Waals surface area contributed by atoms with Gasteiger partial charge in [0.1, 0.15) is 23.5 Å². The molecule has 1 aliphatic heterocycles. The van der Waals surface area contributed by atoms with E-state index in [4.69, 9.17) is 0 Å². The summed E-state index contributed by atoms with van der Waals surface area (Å²) in [4.78, 5) is 29.8. The Morgan fingerprint density at radius 1 is 0.862 bits per heavy atom. The lowest BCUT2D eigenvalue weighted by Gasteiger charge is -2.36. The highest BCUT2D eigenvalue weighted by molar-refractivity contribution is 5.82. The standard InChI is InChI=1S/C19H22N10/c1-12-8-13(2)29(26-12)16-9-15(24-14(3)25-16)27-4-6-28(7-5-27)19-17-18(21-10-20-17)22-11-23-19/h8-11H,4-7H2,1-3H3,(H,20,21,22,23). The van der Waals surface area contributed by atoms with Gasteiger partial charge in [-0.25, -0.2) is 29.6 Å². The van der Waals surface area contributed by atoms with Crippen molar-refractivity contribution in [1.82, 2.24) is 39.7 Å². The summed E-state index contributed by atoms with van der Waals surface area (Å²) in [7, 11) is 0. The Balaban J connectivity index is 1.38. The van der Waals surface area contributed by atoms with Gasteiger partial charge >= 0.3 is 0 Å². The van der Waals surface area contributed by atoms with Crippen molar-refractivity contribution < 1.29 is 0 Å². The summed E-state index contributed by atoms with van der Waals surface area (Å²) in [6.45, 7) is 9.30. The molecule has 4 aromatic heterocycles. The van der Waals surface area contributed by atoms with Crippen LogP contribution in [0, 0.1) is 20.8 Å². The van der Waals surface area contributed by atoms with Crippen LogP contribution in [0.5, 0.6) is 0 Å². The van der Waals surface area contributed by atoms with Gasteiger partial charge in [-0.1, -0.05) is 0 Å². The third-order valence-corrected chi connectivity index (χ3v) is 5.14. The first-order valence-electron chi connectivity index (χ1n) is 9.62. The predicted molar refractivity (Wildman–Crippen MR) is 109 cm³/mol. The van der Waals surface area contributed by atoms with Gasteiger partial charge in [-0.15, -0.1) is 0 Å². The molecule has 1 N–H and O–H groups in total. The number of aromatic amines is 1. The molecule has 0 unspecified atom stereocenters. The van der Waals surface area contributed by atoms with Crippen molar-refractivity contribution in [3.8, 4) is 5.82 Å². The van der Waals surface area contributed by atoms with E-state index in [2.05, 4.69) is 44.8 Å². The van der Waals surface area contributed by atoms with Crippen molar-refractivity contribution in [3.05, 3.63) is 42.0 Å². The van der Waals surface area contributed by atoms with Crippen LogP contribution >= 0.6 is 0 Å². The van der Waals surface area contributed by atoms with E-state index >= 15 is 0 Å². The van der Waals surface area contributed by atoms with Crippen LogP contribution in [0.15, 0.2) is 24.8 Å². The van der Waals surface area contributed by atoms with Gasteiger partial charge in [0.2, 0.25) is 0 Å². The van der Waals surface area contributed by atoms with Crippen molar-refractivity contribution in [2.75, 3.05) is 36.0 Å². The smallest absolute Gasteiger partial charge is 0.182 e. The molecule has 1 fully saturated rings. The van der Waals surface area contributed by atoms with Gasteiger partial charge in [0.15, 0.2) is 17.3 Å². The minimum atomic E-state index is 0.693. The molecule has 5 rings (SSSR count). The van der Waals surface area contributed by atoms with E-state index in [1.54, 1.807) is 12.7 Å². The number of imidazole rings is 1. The van der Waals surface area contributed by atoms with E-state index in [1.807, 2.05) is 37.6 Å². The molecule has 0 radical (unpaired) electrons. The summed E-state index contributed by atoms with van der Waals surface area (Å²) in [6, 6.07) is 4.06. The number of hydrogen-bond donors (Lipinski definition) is 1. The molecule has 0 saturated carbocycles. The zero-order valence-corrected chi connectivity index (χ0v) is 16.7.